The van der Waals surface area contributed by atoms with Crippen molar-refractivity contribution in [1.29, 1.82) is 0 Å². The van der Waals surface area contributed by atoms with Crippen molar-refractivity contribution < 1.29 is 0 Å². The Morgan fingerprint density at radius 3 is 2.12 bits per heavy atom. The summed E-state index contributed by atoms with van der Waals surface area (Å²) in [5.74, 6) is 0. The molecule has 2 N–H and O–H groups in total. The van der Waals surface area contributed by atoms with Crippen molar-refractivity contribution in [2.75, 3.05) is 5.73 Å². The molecule has 0 saturated heterocycles. The number of aliphatic imine (C=N–C) groups is 1. The fourth-order valence-electron chi connectivity index (χ4n) is 2.58. The lowest BCUT2D eigenvalue weighted by atomic mass is 9.78. The normalized spacial score (nSPS) is 12.8. The standard InChI is InChI=1S/C21H29N2P/c1-20(2,3)15-11-14(19(22)16(12-15)21(4,5)6)13-23-17-9-7-8-10-18(17)24/h7-13H,22,24H2,1-6H3. The Hall–Kier alpha value is -1.66. The molecule has 0 aliphatic rings. The largest absolute Gasteiger partial charge is 0.398 e. The number of nitrogen functional groups attached to an aromatic ring is 1. The van der Waals surface area contributed by atoms with E-state index in [-0.39, 0.29) is 10.8 Å². The quantitative estimate of drug-likeness (QED) is 0.460. The smallest absolute Gasteiger partial charge is 0.0701 e. The monoisotopic (exact) mass is 340 g/mol. The van der Waals surface area contributed by atoms with Crippen molar-refractivity contribution in [1.82, 2.24) is 0 Å². The fraction of sp³-hybridized carbons (Fsp3) is 0.381. The minimum atomic E-state index is -0.00749. The van der Waals surface area contributed by atoms with Gasteiger partial charge in [-0.3, -0.25) is 4.99 Å². The van der Waals surface area contributed by atoms with Gasteiger partial charge in [0.15, 0.2) is 0 Å². The lowest BCUT2D eigenvalue weighted by Crippen LogP contribution is -2.19. The molecule has 0 spiro atoms. The van der Waals surface area contributed by atoms with Crippen molar-refractivity contribution in [2.24, 2.45) is 4.99 Å². The number of nitrogens with zero attached hydrogens (tertiary/aromatic N) is 1. The van der Waals surface area contributed by atoms with Crippen LogP contribution in [0.1, 0.15) is 58.2 Å². The van der Waals surface area contributed by atoms with Gasteiger partial charge in [-0.1, -0.05) is 65.8 Å². The molecular weight excluding hydrogens is 311 g/mol. The van der Waals surface area contributed by atoms with Crippen LogP contribution in [0.2, 0.25) is 0 Å². The molecule has 0 amide bonds. The number of anilines is 1. The third-order valence-electron chi connectivity index (χ3n) is 4.17. The van der Waals surface area contributed by atoms with Crippen LogP contribution in [0.3, 0.4) is 0 Å². The van der Waals surface area contributed by atoms with Crippen LogP contribution in [0.15, 0.2) is 41.4 Å². The first-order valence-electron chi connectivity index (χ1n) is 8.33. The van der Waals surface area contributed by atoms with Gasteiger partial charge in [-0.2, -0.15) is 0 Å². The van der Waals surface area contributed by atoms with Gasteiger partial charge in [-0.25, -0.2) is 0 Å². The van der Waals surface area contributed by atoms with E-state index in [1.54, 1.807) is 0 Å². The average Bonchev–Trinajstić information content (AvgIpc) is 2.45. The van der Waals surface area contributed by atoms with Gasteiger partial charge in [0, 0.05) is 17.5 Å². The van der Waals surface area contributed by atoms with Gasteiger partial charge in [-0.15, -0.1) is 9.24 Å². The third-order valence-corrected chi connectivity index (χ3v) is 4.65. The number of hydrogen-bond acceptors (Lipinski definition) is 2. The Morgan fingerprint density at radius 1 is 0.958 bits per heavy atom. The van der Waals surface area contributed by atoms with E-state index in [1.165, 1.54) is 11.1 Å². The predicted molar refractivity (Wildman–Crippen MR) is 111 cm³/mol. The number of rotatable bonds is 2. The van der Waals surface area contributed by atoms with Crippen molar-refractivity contribution >= 4 is 32.1 Å². The molecule has 24 heavy (non-hydrogen) atoms. The molecule has 0 aliphatic carbocycles. The Kier molecular flexibility index (Phi) is 5.20. The maximum absolute atomic E-state index is 6.49. The lowest BCUT2D eigenvalue weighted by molar-refractivity contribution is 0.570. The van der Waals surface area contributed by atoms with Crippen molar-refractivity contribution in [2.45, 2.75) is 52.4 Å². The zero-order chi connectivity index (χ0) is 18.1. The summed E-state index contributed by atoms with van der Waals surface area (Å²) >= 11 is 0. The molecule has 2 aromatic carbocycles. The lowest BCUT2D eigenvalue weighted by Gasteiger charge is -2.27. The molecule has 2 nitrogen and oxygen atoms in total. The van der Waals surface area contributed by atoms with Gasteiger partial charge < -0.3 is 5.73 Å². The Balaban J connectivity index is 2.59. The molecule has 2 rings (SSSR count). The molecule has 2 aromatic rings. The van der Waals surface area contributed by atoms with Crippen molar-refractivity contribution in [3.63, 3.8) is 0 Å². The van der Waals surface area contributed by atoms with Gasteiger partial charge >= 0.3 is 0 Å². The molecule has 0 saturated carbocycles. The summed E-state index contributed by atoms with van der Waals surface area (Å²) < 4.78 is 0. The fourth-order valence-corrected chi connectivity index (χ4v) is 2.86. The summed E-state index contributed by atoms with van der Waals surface area (Å²) in [5, 5.41) is 1.08. The number of nitrogens with two attached hydrogens (primary N) is 1. The SMILES string of the molecule is CC(C)(C)c1cc(C=Nc2ccccc2P)c(N)c(C(C)(C)C)c1. The highest BCUT2D eigenvalue weighted by molar-refractivity contribution is 7.28. The molecular formula is C21H29N2P. The predicted octanol–water partition coefficient (Wildman–Crippen LogP) is 5.11. The van der Waals surface area contributed by atoms with Crippen molar-refractivity contribution in [3.8, 4) is 0 Å². The minimum absolute atomic E-state index is 0.00749. The summed E-state index contributed by atoms with van der Waals surface area (Å²) in [6.07, 6.45) is 1.89. The molecule has 1 unspecified atom stereocenters. The first-order valence-corrected chi connectivity index (χ1v) is 8.91. The molecule has 0 aromatic heterocycles. The second-order valence-electron chi connectivity index (χ2n) is 8.34. The maximum Gasteiger partial charge on any atom is 0.0701 e. The van der Waals surface area contributed by atoms with Crippen LogP contribution in [0.4, 0.5) is 11.4 Å². The molecule has 0 radical (unpaired) electrons. The highest BCUT2D eigenvalue weighted by atomic mass is 31.0. The maximum atomic E-state index is 6.49. The summed E-state index contributed by atoms with van der Waals surface area (Å²) in [6.45, 7) is 13.3. The number of para-hydroxylation sites is 1. The molecule has 128 valence electrons. The van der Waals surface area contributed by atoms with Gasteiger partial charge in [0.05, 0.1) is 5.69 Å². The average molecular weight is 340 g/mol. The van der Waals surface area contributed by atoms with Crippen LogP contribution in [-0.2, 0) is 10.8 Å². The second kappa shape index (κ2) is 6.69. The summed E-state index contributed by atoms with van der Waals surface area (Å²) in [4.78, 5) is 4.66. The molecule has 3 heteroatoms. The van der Waals surface area contributed by atoms with Crippen LogP contribution in [-0.4, -0.2) is 6.21 Å². The number of benzene rings is 2. The van der Waals surface area contributed by atoms with E-state index in [4.69, 9.17) is 5.73 Å². The topological polar surface area (TPSA) is 38.4 Å². The second-order valence-corrected chi connectivity index (χ2v) is 8.97. The van der Waals surface area contributed by atoms with Crippen LogP contribution in [0, 0.1) is 0 Å². The Labute approximate surface area is 148 Å². The zero-order valence-corrected chi connectivity index (χ0v) is 16.8. The highest BCUT2D eigenvalue weighted by Crippen LogP contribution is 2.35. The molecule has 0 fully saturated rings. The first kappa shape index (κ1) is 18.7. The minimum Gasteiger partial charge on any atom is -0.398 e. The first-order chi connectivity index (χ1) is 11.0. The zero-order valence-electron chi connectivity index (χ0n) is 15.6. The van der Waals surface area contributed by atoms with Crippen LogP contribution < -0.4 is 11.0 Å². The van der Waals surface area contributed by atoms with Gasteiger partial charge in [-0.05, 0) is 39.4 Å². The number of hydrogen-bond donors (Lipinski definition) is 1. The van der Waals surface area contributed by atoms with E-state index in [0.717, 1.165) is 22.2 Å². The van der Waals surface area contributed by atoms with E-state index in [2.05, 4.69) is 67.9 Å². The third kappa shape index (κ3) is 4.24. The van der Waals surface area contributed by atoms with E-state index < -0.39 is 0 Å². The Morgan fingerprint density at radius 2 is 1.58 bits per heavy atom. The van der Waals surface area contributed by atoms with Crippen molar-refractivity contribution in [3.05, 3.63) is 53.1 Å². The van der Waals surface area contributed by atoms with E-state index in [0.29, 0.717) is 0 Å². The van der Waals surface area contributed by atoms with Gasteiger partial charge in [0.25, 0.3) is 0 Å². The Bertz CT molecular complexity index is 762. The van der Waals surface area contributed by atoms with Gasteiger partial charge in [0.1, 0.15) is 0 Å². The van der Waals surface area contributed by atoms with E-state index in [1.807, 2.05) is 30.5 Å². The molecule has 1 atom stereocenters. The van der Waals surface area contributed by atoms with Crippen LogP contribution >= 0.6 is 9.24 Å². The van der Waals surface area contributed by atoms with Crippen LogP contribution in [0.25, 0.3) is 0 Å². The summed E-state index contributed by atoms with van der Waals surface area (Å²) in [7, 11) is 2.72. The molecule has 0 bridgehead atoms. The highest BCUT2D eigenvalue weighted by Gasteiger charge is 2.23. The van der Waals surface area contributed by atoms with E-state index in [9.17, 15) is 0 Å². The summed E-state index contributed by atoms with van der Waals surface area (Å²) in [5.41, 5.74) is 11.8. The summed E-state index contributed by atoms with van der Waals surface area (Å²) in [6, 6.07) is 12.5. The molecule has 0 heterocycles. The van der Waals surface area contributed by atoms with Crippen LogP contribution in [0.5, 0.6) is 0 Å². The molecule has 0 aliphatic heterocycles. The van der Waals surface area contributed by atoms with E-state index >= 15 is 0 Å². The van der Waals surface area contributed by atoms with Gasteiger partial charge in [0.2, 0.25) is 0 Å².